The predicted octanol–water partition coefficient (Wildman–Crippen LogP) is 1.82. The van der Waals surface area contributed by atoms with Crippen LogP contribution >= 0.6 is 0 Å². The minimum Gasteiger partial charge on any atom is -0.379 e. The Morgan fingerprint density at radius 2 is 2.05 bits per heavy atom. The molecule has 1 heterocycles. The molecule has 0 aromatic heterocycles. The van der Waals surface area contributed by atoms with E-state index in [4.69, 9.17) is 4.74 Å². The fourth-order valence-electron chi connectivity index (χ4n) is 2.43. The molecule has 0 spiro atoms. The summed E-state index contributed by atoms with van der Waals surface area (Å²) in [5.41, 5.74) is 0.427. The number of nitrogens with zero attached hydrogens (tertiary/aromatic N) is 1. The van der Waals surface area contributed by atoms with E-state index in [1.165, 1.54) is 0 Å². The summed E-state index contributed by atoms with van der Waals surface area (Å²) in [6.07, 6.45) is 0.497. The number of morpholine rings is 1. The molecule has 112 valence electrons. The van der Waals surface area contributed by atoms with Crippen molar-refractivity contribution < 1.29 is 13.5 Å². The molecule has 1 aromatic rings. The summed E-state index contributed by atoms with van der Waals surface area (Å²) in [4.78, 5) is 2.35. The van der Waals surface area contributed by atoms with Gasteiger partial charge in [0.2, 0.25) is 0 Å². The first-order valence-corrected chi connectivity index (χ1v) is 7.13. The van der Waals surface area contributed by atoms with Crippen molar-refractivity contribution in [1.82, 2.24) is 10.2 Å². The van der Waals surface area contributed by atoms with Gasteiger partial charge in [0.05, 0.1) is 13.2 Å². The maximum Gasteiger partial charge on any atom is 0.162 e. The molecule has 1 N–H and O–H groups in total. The lowest BCUT2D eigenvalue weighted by molar-refractivity contribution is 0.0344. The highest BCUT2D eigenvalue weighted by molar-refractivity contribution is 5.19. The van der Waals surface area contributed by atoms with Crippen LogP contribution in [0.25, 0.3) is 0 Å². The number of benzene rings is 1. The van der Waals surface area contributed by atoms with Crippen molar-refractivity contribution in [1.29, 1.82) is 0 Å². The van der Waals surface area contributed by atoms with Crippen LogP contribution in [0.4, 0.5) is 8.78 Å². The largest absolute Gasteiger partial charge is 0.379 e. The van der Waals surface area contributed by atoms with Gasteiger partial charge in [0, 0.05) is 25.7 Å². The molecule has 1 fully saturated rings. The van der Waals surface area contributed by atoms with Gasteiger partial charge in [-0.1, -0.05) is 12.1 Å². The molecule has 0 bridgehead atoms. The minimum atomic E-state index is -0.774. The summed E-state index contributed by atoms with van der Waals surface area (Å²) in [5, 5.41) is 3.35. The lowest BCUT2D eigenvalue weighted by atomic mass is 10.1. The van der Waals surface area contributed by atoms with Crippen molar-refractivity contribution in [3.63, 3.8) is 0 Å². The Kier molecular flexibility index (Phi) is 5.88. The van der Waals surface area contributed by atoms with Gasteiger partial charge >= 0.3 is 0 Å². The summed E-state index contributed by atoms with van der Waals surface area (Å²) >= 11 is 0. The Labute approximate surface area is 118 Å². The van der Waals surface area contributed by atoms with Gasteiger partial charge in [-0.25, -0.2) is 8.78 Å². The molecule has 1 unspecified atom stereocenters. The molecule has 2 rings (SSSR count). The predicted molar refractivity (Wildman–Crippen MR) is 74.8 cm³/mol. The van der Waals surface area contributed by atoms with E-state index in [0.717, 1.165) is 38.9 Å². The van der Waals surface area contributed by atoms with Crippen molar-refractivity contribution in [3.8, 4) is 0 Å². The number of halogens is 2. The molecule has 1 aromatic carbocycles. The second-order valence-electron chi connectivity index (χ2n) is 5.23. The number of rotatable bonds is 6. The van der Waals surface area contributed by atoms with Crippen LogP contribution in [0.1, 0.15) is 12.5 Å². The normalized spacial score (nSPS) is 18.1. The molecule has 1 atom stereocenters. The topological polar surface area (TPSA) is 24.5 Å². The second-order valence-corrected chi connectivity index (χ2v) is 5.23. The summed E-state index contributed by atoms with van der Waals surface area (Å²) in [6.45, 7) is 7.22. The Hall–Kier alpha value is -1.04. The summed E-state index contributed by atoms with van der Waals surface area (Å²) < 4.78 is 31.8. The van der Waals surface area contributed by atoms with Gasteiger partial charge in [-0.15, -0.1) is 0 Å². The first kappa shape index (κ1) is 15.4. The first-order valence-electron chi connectivity index (χ1n) is 7.13. The molecule has 20 heavy (non-hydrogen) atoms. The summed E-state index contributed by atoms with van der Waals surface area (Å²) in [7, 11) is 0. The molecule has 0 saturated carbocycles. The SMILES string of the molecule is CC(CN1CCOCC1)NCCc1cccc(F)c1F. The Morgan fingerprint density at radius 3 is 2.80 bits per heavy atom. The fraction of sp³-hybridized carbons (Fsp3) is 0.600. The van der Waals surface area contributed by atoms with E-state index in [1.54, 1.807) is 12.1 Å². The first-order chi connectivity index (χ1) is 9.66. The molecular formula is C15H22F2N2O. The van der Waals surface area contributed by atoms with Crippen LogP contribution in [0, 0.1) is 11.6 Å². The molecule has 1 aliphatic rings. The van der Waals surface area contributed by atoms with Gasteiger partial charge in [0.15, 0.2) is 11.6 Å². The lowest BCUT2D eigenvalue weighted by Gasteiger charge is -2.29. The highest BCUT2D eigenvalue weighted by Gasteiger charge is 2.13. The zero-order valence-corrected chi connectivity index (χ0v) is 11.9. The molecule has 1 saturated heterocycles. The van der Waals surface area contributed by atoms with Crippen molar-refractivity contribution in [2.24, 2.45) is 0 Å². The van der Waals surface area contributed by atoms with Crippen LogP contribution in [0.5, 0.6) is 0 Å². The smallest absolute Gasteiger partial charge is 0.162 e. The zero-order chi connectivity index (χ0) is 14.4. The van der Waals surface area contributed by atoms with Gasteiger partial charge in [-0.2, -0.15) is 0 Å². The third kappa shape index (κ3) is 4.51. The number of nitrogens with one attached hydrogen (secondary N) is 1. The number of hydrogen-bond acceptors (Lipinski definition) is 3. The van der Waals surface area contributed by atoms with Gasteiger partial charge in [0.25, 0.3) is 0 Å². The third-order valence-electron chi connectivity index (χ3n) is 3.55. The van der Waals surface area contributed by atoms with Crippen molar-refractivity contribution in [2.45, 2.75) is 19.4 Å². The Morgan fingerprint density at radius 1 is 1.30 bits per heavy atom. The van der Waals surface area contributed by atoms with Crippen molar-refractivity contribution in [2.75, 3.05) is 39.4 Å². The van der Waals surface area contributed by atoms with E-state index in [1.807, 2.05) is 0 Å². The highest BCUT2D eigenvalue weighted by atomic mass is 19.2. The Balaban J connectivity index is 1.70. The van der Waals surface area contributed by atoms with Crippen LogP contribution in [0.15, 0.2) is 18.2 Å². The van der Waals surface area contributed by atoms with Gasteiger partial charge in [-0.3, -0.25) is 4.90 Å². The molecule has 0 amide bonds. The molecule has 3 nitrogen and oxygen atoms in total. The van der Waals surface area contributed by atoms with Crippen molar-refractivity contribution in [3.05, 3.63) is 35.4 Å². The van der Waals surface area contributed by atoms with Gasteiger partial charge in [-0.05, 0) is 31.5 Å². The van der Waals surface area contributed by atoms with Gasteiger partial charge < -0.3 is 10.1 Å². The third-order valence-corrected chi connectivity index (χ3v) is 3.55. The molecule has 1 aliphatic heterocycles. The maximum absolute atomic E-state index is 13.5. The van der Waals surface area contributed by atoms with Crippen LogP contribution in [-0.4, -0.2) is 50.3 Å². The van der Waals surface area contributed by atoms with E-state index in [-0.39, 0.29) is 0 Å². The van der Waals surface area contributed by atoms with E-state index < -0.39 is 11.6 Å². The van der Waals surface area contributed by atoms with Crippen LogP contribution < -0.4 is 5.32 Å². The summed E-state index contributed by atoms with van der Waals surface area (Å²) in [5.74, 6) is -1.50. The van der Waals surface area contributed by atoms with Gasteiger partial charge in [0.1, 0.15) is 0 Å². The second kappa shape index (κ2) is 7.67. The van der Waals surface area contributed by atoms with E-state index in [2.05, 4.69) is 17.1 Å². The van der Waals surface area contributed by atoms with Crippen molar-refractivity contribution >= 4 is 0 Å². The standard InChI is InChI=1S/C15H22F2N2O/c1-12(11-19-7-9-20-10-8-19)18-6-5-13-3-2-4-14(16)15(13)17/h2-4,12,18H,5-11H2,1H3. The summed E-state index contributed by atoms with van der Waals surface area (Å²) in [6, 6.07) is 4.65. The van der Waals surface area contributed by atoms with Crippen LogP contribution in [-0.2, 0) is 11.2 Å². The molecule has 5 heteroatoms. The van der Waals surface area contributed by atoms with E-state index >= 15 is 0 Å². The fourth-order valence-corrected chi connectivity index (χ4v) is 2.43. The lowest BCUT2D eigenvalue weighted by Crippen LogP contribution is -2.44. The quantitative estimate of drug-likeness (QED) is 0.862. The van der Waals surface area contributed by atoms with Crippen LogP contribution in [0.3, 0.4) is 0 Å². The molecule has 0 aliphatic carbocycles. The highest BCUT2D eigenvalue weighted by Crippen LogP contribution is 2.11. The molecule has 0 radical (unpaired) electrons. The average Bonchev–Trinajstić information content (AvgIpc) is 2.44. The average molecular weight is 284 g/mol. The maximum atomic E-state index is 13.5. The zero-order valence-electron chi connectivity index (χ0n) is 11.9. The number of hydrogen-bond donors (Lipinski definition) is 1. The molecular weight excluding hydrogens is 262 g/mol. The minimum absolute atomic E-state index is 0.324. The Bertz CT molecular complexity index is 422. The van der Waals surface area contributed by atoms with E-state index in [9.17, 15) is 8.78 Å². The van der Waals surface area contributed by atoms with Crippen LogP contribution in [0.2, 0.25) is 0 Å². The van der Waals surface area contributed by atoms with E-state index in [0.29, 0.717) is 24.6 Å². The number of ether oxygens (including phenoxy) is 1. The monoisotopic (exact) mass is 284 g/mol.